The number of rotatable bonds is 3. The molecule has 0 saturated carbocycles. The summed E-state index contributed by atoms with van der Waals surface area (Å²) < 4.78 is 11.9. The molecule has 5 nitrogen and oxygen atoms in total. The monoisotopic (exact) mass is 356 g/mol. The van der Waals surface area contributed by atoms with Crippen molar-refractivity contribution >= 4 is 16.8 Å². The summed E-state index contributed by atoms with van der Waals surface area (Å²) in [5.41, 5.74) is 2.70. The number of aromatic amines is 1. The Morgan fingerprint density at radius 3 is 2.85 bits per heavy atom. The molecular weight excluding hydrogens is 328 g/mol. The second kappa shape index (κ2) is 7.05. The average molecular weight is 356 g/mol. The Morgan fingerprint density at radius 2 is 2.12 bits per heavy atom. The van der Waals surface area contributed by atoms with Crippen LogP contribution in [-0.4, -0.2) is 54.3 Å². The van der Waals surface area contributed by atoms with E-state index in [4.69, 9.17) is 9.47 Å². The van der Waals surface area contributed by atoms with Crippen LogP contribution in [0, 0.1) is 0 Å². The molecule has 2 fully saturated rings. The molecule has 140 valence electrons. The summed E-state index contributed by atoms with van der Waals surface area (Å²) in [5, 5.41) is 1.15. The highest BCUT2D eigenvalue weighted by Crippen LogP contribution is 2.37. The molecule has 0 aliphatic carbocycles. The van der Waals surface area contributed by atoms with Crippen molar-refractivity contribution in [3.05, 3.63) is 35.5 Å². The third kappa shape index (κ3) is 2.83. The van der Waals surface area contributed by atoms with Gasteiger partial charge in [0, 0.05) is 37.7 Å². The average Bonchev–Trinajstić information content (AvgIpc) is 3.07. The standard InChI is InChI=1S/C21H28N2O3/c1-3-15-16-7-4-5-8-17(16)22-19(15)20(24)23-12-10-21(11-13-23)18(25-2)9-6-14-26-21/h4-5,7-8,18,22H,3,6,9-14H2,1-2H3/t18-/m1/s1. The summed E-state index contributed by atoms with van der Waals surface area (Å²) in [6, 6.07) is 8.16. The number of hydrogen-bond donors (Lipinski definition) is 1. The van der Waals surface area contributed by atoms with Gasteiger partial charge in [-0.05, 0) is 43.7 Å². The maximum Gasteiger partial charge on any atom is 0.270 e. The number of carbonyl (C=O) groups excluding carboxylic acids is 1. The highest BCUT2D eigenvalue weighted by Gasteiger charge is 2.45. The van der Waals surface area contributed by atoms with Crippen LogP contribution in [-0.2, 0) is 15.9 Å². The van der Waals surface area contributed by atoms with E-state index in [2.05, 4.69) is 18.0 Å². The zero-order valence-electron chi connectivity index (χ0n) is 15.7. The molecule has 0 bridgehead atoms. The quantitative estimate of drug-likeness (QED) is 0.915. The van der Waals surface area contributed by atoms with Crippen LogP contribution in [0.25, 0.3) is 10.9 Å². The van der Waals surface area contributed by atoms with Crippen LogP contribution >= 0.6 is 0 Å². The summed E-state index contributed by atoms with van der Waals surface area (Å²) in [6.45, 7) is 4.35. The Morgan fingerprint density at radius 1 is 1.35 bits per heavy atom. The fourth-order valence-electron chi connectivity index (χ4n) is 4.70. The van der Waals surface area contributed by atoms with E-state index in [1.807, 2.05) is 23.1 Å². The number of piperidine rings is 1. The molecule has 1 aromatic carbocycles. The topological polar surface area (TPSA) is 54.6 Å². The summed E-state index contributed by atoms with van der Waals surface area (Å²) >= 11 is 0. The van der Waals surface area contributed by atoms with Crippen LogP contribution in [0.1, 0.15) is 48.7 Å². The Hall–Kier alpha value is -1.85. The highest BCUT2D eigenvalue weighted by atomic mass is 16.5. The molecule has 5 heteroatoms. The molecule has 2 aliphatic rings. The molecule has 2 saturated heterocycles. The summed E-state index contributed by atoms with van der Waals surface area (Å²) in [6.07, 6.45) is 4.78. The number of hydrogen-bond acceptors (Lipinski definition) is 3. The van der Waals surface area contributed by atoms with Crippen molar-refractivity contribution in [2.24, 2.45) is 0 Å². The molecule has 1 spiro atoms. The van der Waals surface area contributed by atoms with E-state index >= 15 is 0 Å². The first kappa shape index (κ1) is 17.6. The second-order valence-electron chi connectivity index (χ2n) is 7.45. The number of likely N-dealkylation sites (tertiary alicyclic amines) is 1. The lowest BCUT2D eigenvalue weighted by atomic mass is 9.81. The van der Waals surface area contributed by atoms with E-state index in [0.29, 0.717) is 0 Å². The molecule has 0 unspecified atom stereocenters. The van der Waals surface area contributed by atoms with Gasteiger partial charge in [-0.1, -0.05) is 25.1 Å². The fourth-order valence-corrected chi connectivity index (χ4v) is 4.70. The van der Waals surface area contributed by atoms with E-state index in [1.54, 1.807) is 7.11 Å². The van der Waals surface area contributed by atoms with Gasteiger partial charge in [0.25, 0.3) is 5.91 Å². The highest BCUT2D eigenvalue weighted by molar-refractivity contribution is 6.01. The summed E-state index contributed by atoms with van der Waals surface area (Å²) in [4.78, 5) is 18.5. The Bertz CT molecular complexity index is 790. The van der Waals surface area contributed by atoms with Crippen molar-refractivity contribution in [1.82, 2.24) is 9.88 Å². The first-order valence-corrected chi connectivity index (χ1v) is 9.74. The number of aromatic nitrogens is 1. The van der Waals surface area contributed by atoms with E-state index in [9.17, 15) is 4.79 Å². The summed E-state index contributed by atoms with van der Waals surface area (Å²) in [7, 11) is 1.77. The number of carbonyl (C=O) groups is 1. The second-order valence-corrected chi connectivity index (χ2v) is 7.45. The largest absolute Gasteiger partial charge is 0.378 e. The van der Waals surface area contributed by atoms with Gasteiger partial charge in [-0.2, -0.15) is 0 Å². The molecule has 2 aromatic rings. The van der Waals surface area contributed by atoms with Crippen LogP contribution in [0.5, 0.6) is 0 Å². The van der Waals surface area contributed by atoms with Crippen molar-refractivity contribution < 1.29 is 14.3 Å². The van der Waals surface area contributed by atoms with E-state index in [0.717, 1.165) is 74.0 Å². The van der Waals surface area contributed by atoms with Crippen molar-refractivity contribution in [2.75, 3.05) is 26.8 Å². The van der Waals surface area contributed by atoms with Gasteiger partial charge in [0.15, 0.2) is 0 Å². The number of amides is 1. The third-order valence-corrected chi connectivity index (χ3v) is 6.15. The van der Waals surface area contributed by atoms with Crippen LogP contribution in [0.2, 0.25) is 0 Å². The normalized spacial score (nSPS) is 22.8. The fraction of sp³-hybridized carbons (Fsp3) is 0.571. The lowest BCUT2D eigenvalue weighted by Gasteiger charge is -2.48. The zero-order valence-corrected chi connectivity index (χ0v) is 15.7. The predicted octanol–water partition coefficient (Wildman–Crippen LogP) is 3.53. The summed E-state index contributed by atoms with van der Waals surface area (Å²) in [5.74, 6) is 0.109. The van der Waals surface area contributed by atoms with Gasteiger partial charge >= 0.3 is 0 Å². The molecule has 1 aromatic heterocycles. The van der Waals surface area contributed by atoms with Gasteiger partial charge in [-0.15, -0.1) is 0 Å². The van der Waals surface area contributed by atoms with Crippen LogP contribution in [0.15, 0.2) is 24.3 Å². The van der Waals surface area contributed by atoms with Crippen LogP contribution in [0.3, 0.4) is 0 Å². The number of nitrogens with zero attached hydrogens (tertiary/aromatic N) is 1. The first-order valence-electron chi connectivity index (χ1n) is 9.74. The number of aryl methyl sites for hydroxylation is 1. The number of fused-ring (bicyclic) bond motifs is 1. The smallest absolute Gasteiger partial charge is 0.270 e. The molecule has 1 atom stereocenters. The van der Waals surface area contributed by atoms with Crippen molar-refractivity contribution in [3.8, 4) is 0 Å². The van der Waals surface area contributed by atoms with Gasteiger partial charge in [0.1, 0.15) is 5.69 Å². The predicted molar refractivity (Wildman–Crippen MR) is 102 cm³/mol. The molecule has 3 heterocycles. The van der Waals surface area contributed by atoms with Gasteiger partial charge in [0.05, 0.1) is 11.7 Å². The number of benzene rings is 1. The number of para-hydroxylation sites is 1. The Kier molecular flexibility index (Phi) is 4.76. The van der Waals surface area contributed by atoms with E-state index < -0.39 is 0 Å². The minimum atomic E-state index is -0.211. The molecular formula is C21H28N2O3. The number of methoxy groups -OCH3 is 1. The van der Waals surface area contributed by atoms with Gasteiger partial charge in [-0.3, -0.25) is 4.79 Å². The zero-order chi connectivity index (χ0) is 18.1. The molecule has 2 aliphatic heterocycles. The van der Waals surface area contributed by atoms with Crippen LogP contribution < -0.4 is 0 Å². The molecule has 1 N–H and O–H groups in total. The van der Waals surface area contributed by atoms with Crippen molar-refractivity contribution in [2.45, 2.75) is 50.7 Å². The third-order valence-electron chi connectivity index (χ3n) is 6.15. The lowest BCUT2D eigenvalue weighted by molar-refractivity contribution is -0.183. The van der Waals surface area contributed by atoms with Crippen molar-refractivity contribution in [3.63, 3.8) is 0 Å². The first-order chi connectivity index (χ1) is 12.7. The lowest BCUT2D eigenvalue weighted by Crippen LogP contribution is -2.56. The SMILES string of the molecule is CCc1c(C(=O)N2CCC3(CC2)OCCC[C@H]3OC)[nH]c2ccccc12. The Balaban J connectivity index is 1.54. The van der Waals surface area contributed by atoms with Crippen molar-refractivity contribution in [1.29, 1.82) is 0 Å². The minimum Gasteiger partial charge on any atom is -0.378 e. The van der Waals surface area contributed by atoms with E-state index in [-0.39, 0.29) is 17.6 Å². The van der Waals surface area contributed by atoms with Gasteiger partial charge < -0.3 is 19.4 Å². The maximum absolute atomic E-state index is 13.2. The number of ether oxygens (including phenoxy) is 2. The van der Waals surface area contributed by atoms with E-state index in [1.165, 1.54) is 0 Å². The molecule has 1 amide bonds. The van der Waals surface area contributed by atoms with Crippen LogP contribution in [0.4, 0.5) is 0 Å². The molecule has 4 rings (SSSR count). The van der Waals surface area contributed by atoms with Gasteiger partial charge in [0.2, 0.25) is 0 Å². The number of nitrogens with one attached hydrogen (secondary N) is 1. The molecule has 26 heavy (non-hydrogen) atoms. The maximum atomic E-state index is 13.2. The molecule has 0 radical (unpaired) electrons. The van der Waals surface area contributed by atoms with Gasteiger partial charge in [-0.25, -0.2) is 0 Å². The Labute approximate surface area is 154 Å². The number of H-pyrrole nitrogens is 1. The minimum absolute atomic E-state index is 0.109.